The van der Waals surface area contributed by atoms with E-state index >= 15 is 0 Å². The Labute approximate surface area is 105 Å². The summed E-state index contributed by atoms with van der Waals surface area (Å²) >= 11 is 5.95. The van der Waals surface area contributed by atoms with Crippen LogP contribution >= 0.6 is 11.6 Å². The molecule has 0 aliphatic carbocycles. The lowest BCUT2D eigenvalue weighted by Gasteiger charge is -2.20. The summed E-state index contributed by atoms with van der Waals surface area (Å²) in [6.45, 7) is 5.49. The van der Waals surface area contributed by atoms with Gasteiger partial charge in [0.2, 0.25) is 5.95 Å². The van der Waals surface area contributed by atoms with Gasteiger partial charge in [-0.05, 0) is 13.8 Å². The molecule has 94 valence electrons. The van der Waals surface area contributed by atoms with Gasteiger partial charge in [-0.3, -0.25) is 4.79 Å². The molecule has 0 saturated heterocycles. The topological polar surface area (TPSA) is 84.1 Å². The third-order valence-corrected chi connectivity index (χ3v) is 2.66. The van der Waals surface area contributed by atoms with Gasteiger partial charge in [0.05, 0.1) is 0 Å². The van der Waals surface area contributed by atoms with Gasteiger partial charge in [0.1, 0.15) is 16.5 Å². The van der Waals surface area contributed by atoms with E-state index in [1.807, 2.05) is 18.7 Å². The number of carbonyl (C=O) groups excluding carboxylic acids is 1. The Bertz CT molecular complexity index is 419. The number of rotatable bonds is 5. The molecule has 0 spiro atoms. The molecule has 1 rings (SSSR count). The Hall–Kier alpha value is -1.56. The van der Waals surface area contributed by atoms with Crippen molar-refractivity contribution in [1.29, 1.82) is 0 Å². The van der Waals surface area contributed by atoms with Crippen molar-refractivity contribution in [1.82, 2.24) is 9.97 Å². The van der Waals surface area contributed by atoms with E-state index in [4.69, 9.17) is 17.3 Å². The quantitative estimate of drug-likeness (QED) is 0.772. The molecule has 0 aliphatic heterocycles. The Morgan fingerprint density at radius 1 is 1.41 bits per heavy atom. The number of primary amides is 1. The Morgan fingerprint density at radius 3 is 2.41 bits per heavy atom. The fourth-order valence-corrected chi connectivity index (χ4v) is 1.73. The summed E-state index contributed by atoms with van der Waals surface area (Å²) < 4.78 is 0. The minimum absolute atomic E-state index is 0.0683. The smallest absolute Gasteiger partial charge is 0.255 e. The van der Waals surface area contributed by atoms with Crippen molar-refractivity contribution >= 4 is 29.3 Å². The van der Waals surface area contributed by atoms with Crippen LogP contribution in [0, 0.1) is 0 Å². The number of amides is 1. The molecule has 7 heteroatoms. The van der Waals surface area contributed by atoms with Crippen molar-refractivity contribution in [3.05, 3.63) is 10.7 Å². The number of aromatic nitrogens is 2. The molecule has 0 saturated carbocycles. The molecule has 0 radical (unpaired) electrons. The number of hydrogen-bond acceptors (Lipinski definition) is 5. The first-order valence-corrected chi connectivity index (χ1v) is 5.72. The Morgan fingerprint density at radius 2 is 2.00 bits per heavy atom. The molecule has 0 aromatic carbocycles. The van der Waals surface area contributed by atoms with Crippen molar-refractivity contribution in [3.63, 3.8) is 0 Å². The zero-order valence-corrected chi connectivity index (χ0v) is 10.9. The molecule has 1 aromatic rings. The van der Waals surface area contributed by atoms with Crippen LogP contribution in [0.5, 0.6) is 0 Å². The average molecular weight is 258 g/mol. The third-order valence-electron chi connectivity index (χ3n) is 2.38. The summed E-state index contributed by atoms with van der Waals surface area (Å²) in [7, 11) is 1.65. The molecule has 0 bridgehead atoms. The molecule has 0 atom stereocenters. The first-order valence-electron chi connectivity index (χ1n) is 5.35. The maximum atomic E-state index is 11.2. The molecule has 17 heavy (non-hydrogen) atoms. The van der Waals surface area contributed by atoms with Gasteiger partial charge in [-0.15, -0.1) is 0 Å². The lowest BCUT2D eigenvalue weighted by Crippen LogP contribution is -2.26. The van der Waals surface area contributed by atoms with Gasteiger partial charge in [0.25, 0.3) is 5.91 Å². The van der Waals surface area contributed by atoms with Crippen LogP contribution in [0.2, 0.25) is 5.15 Å². The van der Waals surface area contributed by atoms with Gasteiger partial charge in [-0.1, -0.05) is 11.6 Å². The van der Waals surface area contributed by atoms with Crippen LogP contribution in [0.4, 0.5) is 11.8 Å². The normalized spacial score (nSPS) is 10.1. The highest BCUT2D eigenvalue weighted by atomic mass is 35.5. The highest BCUT2D eigenvalue weighted by Gasteiger charge is 2.18. The van der Waals surface area contributed by atoms with Crippen molar-refractivity contribution in [3.8, 4) is 0 Å². The zero-order valence-electron chi connectivity index (χ0n) is 10.1. The lowest BCUT2D eigenvalue weighted by molar-refractivity contribution is 0.100. The minimum Gasteiger partial charge on any atom is -0.372 e. The standard InChI is InChI=1S/C10H16ClN5O/c1-4-16(5-2)10-14-7(11)6(8(12)17)9(13-3)15-10/h4-5H2,1-3H3,(H2,12,17)(H,13,14,15). The van der Waals surface area contributed by atoms with Crippen LogP contribution in [-0.4, -0.2) is 36.0 Å². The highest BCUT2D eigenvalue weighted by molar-refractivity contribution is 6.33. The van der Waals surface area contributed by atoms with Crippen LogP contribution in [0.1, 0.15) is 24.2 Å². The van der Waals surface area contributed by atoms with Gasteiger partial charge < -0.3 is 16.0 Å². The third kappa shape index (κ3) is 2.76. The van der Waals surface area contributed by atoms with Crippen LogP contribution in [0.3, 0.4) is 0 Å². The Kier molecular flexibility index (Phi) is 4.51. The highest BCUT2D eigenvalue weighted by Crippen LogP contribution is 2.23. The molecule has 1 heterocycles. The predicted octanol–water partition coefficient (Wildman–Crippen LogP) is 1.12. The monoisotopic (exact) mass is 257 g/mol. The molecular formula is C10H16ClN5O. The van der Waals surface area contributed by atoms with Crippen molar-refractivity contribution in [2.75, 3.05) is 30.4 Å². The summed E-state index contributed by atoms with van der Waals surface area (Å²) in [6, 6.07) is 0. The maximum absolute atomic E-state index is 11.2. The Balaban J connectivity index is 3.31. The molecular weight excluding hydrogens is 242 g/mol. The number of hydrogen-bond donors (Lipinski definition) is 2. The summed E-state index contributed by atoms with van der Waals surface area (Å²) in [5.41, 5.74) is 5.34. The molecule has 1 aromatic heterocycles. The SMILES string of the molecule is CCN(CC)c1nc(Cl)c(C(N)=O)c(NC)n1. The van der Waals surface area contributed by atoms with Crippen LogP contribution in [0.15, 0.2) is 0 Å². The van der Waals surface area contributed by atoms with Crippen LogP contribution in [0.25, 0.3) is 0 Å². The lowest BCUT2D eigenvalue weighted by atomic mass is 10.3. The number of halogens is 1. The molecule has 6 nitrogen and oxygen atoms in total. The largest absolute Gasteiger partial charge is 0.372 e. The van der Waals surface area contributed by atoms with E-state index in [0.29, 0.717) is 11.8 Å². The number of anilines is 2. The summed E-state index contributed by atoms with van der Waals surface area (Å²) in [4.78, 5) is 21.5. The van der Waals surface area contributed by atoms with Crippen LogP contribution < -0.4 is 16.0 Å². The molecule has 3 N–H and O–H groups in total. The van der Waals surface area contributed by atoms with E-state index in [2.05, 4.69) is 15.3 Å². The first kappa shape index (κ1) is 13.5. The van der Waals surface area contributed by atoms with Gasteiger partial charge in [-0.25, -0.2) is 0 Å². The van der Waals surface area contributed by atoms with Crippen LogP contribution in [-0.2, 0) is 0 Å². The minimum atomic E-state index is -0.648. The van der Waals surface area contributed by atoms with Crippen molar-refractivity contribution in [2.24, 2.45) is 5.73 Å². The maximum Gasteiger partial charge on any atom is 0.255 e. The summed E-state index contributed by atoms with van der Waals surface area (Å²) in [5.74, 6) is 0.180. The van der Waals surface area contributed by atoms with Gasteiger partial charge in [0.15, 0.2) is 0 Å². The molecule has 1 amide bonds. The van der Waals surface area contributed by atoms with E-state index in [1.54, 1.807) is 7.05 Å². The number of nitrogens with one attached hydrogen (secondary N) is 1. The second-order valence-electron chi connectivity index (χ2n) is 3.32. The first-order chi connectivity index (χ1) is 8.04. The van der Waals surface area contributed by atoms with Crippen molar-refractivity contribution < 1.29 is 4.79 Å². The zero-order chi connectivity index (χ0) is 13.0. The molecule has 0 unspecified atom stereocenters. The van der Waals surface area contributed by atoms with E-state index in [1.165, 1.54) is 0 Å². The molecule has 0 fully saturated rings. The van der Waals surface area contributed by atoms with E-state index in [9.17, 15) is 4.79 Å². The van der Waals surface area contributed by atoms with E-state index in [-0.39, 0.29) is 10.7 Å². The van der Waals surface area contributed by atoms with Crippen molar-refractivity contribution in [2.45, 2.75) is 13.8 Å². The summed E-state index contributed by atoms with van der Waals surface area (Å²) in [6.07, 6.45) is 0. The predicted molar refractivity (Wildman–Crippen MR) is 68.7 cm³/mol. The van der Waals surface area contributed by atoms with Gasteiger partial charge in [0, 0.05) is 20.1 Å². The van der Waals surface area contributed by atoms with E-state index < -0.39 is 5.91 Å². The van der Waals surface area contributed by atoms with Gasteiger partial charge in [-0.2, -0.15) is 9.97 Å². The van der Waals surface area contributed by atoms with E-state index in [0.717, 1.165) is 13.1 Å². The molecule has 0 aliphatic rings. The number of nitrogens with two attached hydrogens (primary N) is 1. The number of carbonyl (C=O) groups is 1. The average Bonchev–Trinajstić information content (AvgIpc) is 2.29. The number of nitrogens with zero attached hydrogens (tertiary/aromatic N) is 3. The van der Waals surface area contributed by atoms with Gasteiger partial charge >= 0.3 is 0 Å². The second kappa shape index (κ2) is 5.67. The fraction of sp³-hybridized carbons (Fsp3) is 0.500. The second-order valence-corrected chi connectivity index (χ2v) is 3.68. The fourth-order valence-electron chi connectivity index (χ4n) is 1.47. The summed E-state index contributed by atoms with van der Waals surface area (Å²) in [5, 5.41) is 2.87.